The lowest BCUT2D eigenvalue weighted by molar-refractivity contribution is 0.100. The maximum Gasteiger partial charge on any atom is 0.264 e. The highest BCUT2D eigenvalue weighted by atomic mass is 16.2. The third kappa shape index (κ3) is 3.63. The lowest BCUT2D eigenvalue weighted by atomic mass is 9.83. The normalized spacial score (nSPS) is 12.3. The summed E-state index contributed by atoms with van der Waals surface area (Å²) in [5.74, 6) is -0.0663. The Balaban J connectivity index is 1.40. The van der Waals surface area contributed by atoms with Gasteiger partial charge in [-0.05, 0) is 68.2 Å². The molecule has 1 N–H and O–H groups in total. The summed E-state index contributed by atoms with van der Waals surface area (Å²) in [6, 6.07) is 41.9. The number of nitrogens with zero attached hydrogens (tertiary/aromatic N) is 1. The SMILES string of the molecule is CC(C)(C)c1cc2ccc3ccc(N(C(=O)c4cccc5c4[nH]c4ccccc45)c4ccccc4)c4ccc(c1)c2c34. The summed E-state index contributed by atoms with van der Waals surface area (Å²) in [7, 11) is 0. The number of hydrogen-bond donors (Lipinski definition) is 1. The van der Waals surface area contributed by atoms with Gasteiger partial charge in [-0.1, -0.05) is 112 Å². The Morgan fingerprint density at radius 3 is 2.07 bits per heavy atom. The van der Waals surface area contributed by atoms with Gasteiger partial charge in [-0.3, -0.25) is 9.69 Å². The zero-order valence-electron chi connectivity index (χ0n) is 23.9. The fourth-order valence-corrected chi connectivity index (χ4v) is 6.55. The third-order valence-corrected chi connectivity index (χ3v) is 8.67. The van der Waals surface area contributed by atoms with Crippen LogP contribution in [0.1, 0.15) is 36.7 Å². The number of hydrogen-bond acceptors (Lipinski definition) is 1. The van der Waals surface area contributed by atoms with E-state index in [1.54, 1.807) is 0 Å². The number of aromatic amines is 1. The molecule has 0 aliphatic heterocycles. The highest BCUT2D eigenvalue weighted by molar-refractivity contribution is 6.28. The van der Waals surface area contributed by atoms with E-state index in [1.165, 1.54) is 32.5 Å². The molecule has 0 saturated carbocycles. The number of fused-ring (bicyclic) bond motifs is 3. The molecule has 0 fully saturated rings. The van der Waals surface area contributed by atoms with Crippen LogP contribution in [0.4, 0.5) is 11.4 Å². The van der Waals surface area contributed by atoms with Crippen LogP contribution < -0.4 is 4.90 Å². The van der Waals surface area contributed by atoms with Gasteiger partial charge in [-0.15, -0.1) is 0 Å². The Morgan fingerprint density at radius 1 is 0.619 bits per heavy atom. The van der Waals surface area contributed by atoms with E-state index in [0.717, 1.165) is 38.6 Å². The van der Waals surface area contributed by atoms with Crippen molar-refractivity contribution >= 4 is 71.4 Å². The van der Waals surface area contributed by atoms with Crippen molar-refractivity contribution in [3.63, 3.8) is 0 Å². The Labute approximate surface area is 244 Å². The molecule has 8 rings (SSSR count). The van der Waals surface area contributed by atoms with Crippen molar-refractivity contribution < 1.29 is 4.79 Å². The highest BCUT2D eigenvalue weighted by Gasteiger charge is 2.26. The summed E-state index contributed by atoms with van der Waals surface area (Å²) in [5.41, 5.74) is 5.61. The number of nitrogens with one attached hydrogen (secondary N) is 1. The van der Waals surface area contributed by atoms with Crippen molar-refractivity contribution in [2.45, 2.75) is 26.2 Å². The predicted octanol–water partition coefficient (Wildman–Crippen LogP) is 10.5. The molecule has 1 aromatic heterocycles. The van der Waals surface area contributed by atoms with Crippen LogP contribution in [0.3, 0.4) is 0 Å². The van der Waals surface area contributed by atoms with Crippen LogP contribution in [0.15, 0.2) is 121 Å². The fraction of sp³-hybridized carbons (Fsp3) is 0.103. The highest BCUT2D eigenvalue weighted by Crippen LogP contribution is 2.43. The number of rotatable bonds is 3. The van der Waals surface area contributed by atoms with Gasteiger partial charge in [0.15, 0.2) is 0 Å². The van der Waals surface area contributed by atoms with E-state index < -0.39 is 0 Å². The number of amides is 1. The molecule has 0 radical (unpaired) electrons. The Hall–Kier alpha value is -5.15. The molecule has 0 bridgehead atoms. The molecule has 8 aromatic rings. The summed E-state index contributed by atoms with van der Waals surface area (Å²) in [6.45, 7) is 6.78. The second kappa shape index (κ2) is 8.92. The molecule has 0 atom stereocenters. The van der Waals surface area contributed by atoms with Crippen molar-refractivity contribution in [1.29, 1.82) is 0 Å². The first-order chi connectivity index (χ1) is 20.4. The average Bonchev–Trinajstić information content (AvgIpc) is 3.39. The molecule has 0 saturated heterocycles. The van der Waals surface area contributed by atoms with E-state index >= 15 is 0 Å². The average molecular weight is 543 g/mol. The van der Waals surface area contributed by atoms with Gasteiger partial charge in [-0.2, -0.15) is 0 Å². The zero-order valence-corrected chi connectivity index (χ0v) is 23.9. The zero-order chi connectivity index (χ0) is 28.6. The van der Waals surface area contributed by atoms with Crippen molar-refractivity contribution in [3.8, 4) is 0 Å². The van der Waals surface area contributed by atoms with Crippen LogP contribution in [0.5, 0.6) is 0 Å². The standard InChI is InChI=1S/C39H30N2O/c1-39(2,3)27-22-25-17-16-24-19-21-34(31-20-18-26(23-27)35(25)36(24)31)41(28-10-5-4-6-11-28)38(42)32-14-9-13-30-29-12-7-8-15-33(29)40-37(30)32/h4-23,40H,1-3H3. The van der Waals surface area contributed by atoms with Crippen LogP contribution in [-0.2, 0) is 5.41 Å². The van der Waals surface area contributed by atoms with Gasteiger partial charge < -0.3 is 4.98 Å². The first-order valence-electron chi connectivity index (χ1n) is 14.5. The van der Waals surface area contributed by atoms with Gasteiger partial charge in [0.1, 0.15) is 0 Å². The molecule has 202 valence electrons. The number of carbonyl (C=O) groups excluding carboxylic acids is 1. The summed E-state index contributed by atoms with van der Waals surface area (Å²) >= 11 is 0. The molecular weight excluding hydrogens is 512 g/mol. The fourth-order valence-electron chi connectivity index (χ4n) is 6.55. The second-order valence-electron chi connectivity index (χ2n) is 12.3. The molecule has 1 amide bonds. The van der Waals surface area contributed by atoms with Gasteiger partial charge in [0, 0.05) is 27.4 Å². The maximum atomic E-state index is 14.8. The third-order valence-electron chi connectivity index (χ3n) is 8.67. The summed E-state index contributed by atoms with van der Waals surface area (Å²) < 4.78 is 0. The van der Waals surface area contributed by atoms with Gasteiger partial charge in [0.25, 0.3) is 5.91 Å². The Bertz CT molecular complexity index is 2290. The largest absolute Gasteiger partial charge is 0.354 e. The molecular formula is C39H30N2O. The van der Waals surface area contributed by atoms with Crippen LogP contribution in [0.2, 0.25) is 0 Å². The monoisotopic (exact) mass is 542 g/mol. The lowest BCUT2D eigenvalue weighted by Crippen LogP contribution is -2.26. The van der Waals surface area contributed by atoms with E-state index in [2.05, 4.69) is 92.5 Å². The first-order valence-corrected chi connectivity index (χ1v) is 14.5. The van der Waals surface area contributed by atoms with E-state index in [-0.39, 0.29) is 11.3 Å². The van der Waals surface area contributed by atoms with Crippen molar-refractivity contribution in [3.05, 3.63) is 132 Å². The number of H-pyrrole nitrogens is 1. The van der Waals surface area contributed by atoms with Crippen molar-refractivity contribution in [2.75, 3.05) is 4.90 Å². The summed E-state index contributed by atoms with van der Waals surface area (Å²) in [5, 5.41) is 9.31. The quantitative estimate of drug-likeness (QED) is 0.222. The van der Waals surface area contributed by atoms with Crippen LogP contribution in [0, 0.1) is 0 Å². The second-order valence-corrected chi connectivity index (χ2v) is 12.3. The van der Waals surface area contributed by atoms with E-state index in [9.17, 15) is 4.79 Å². The van der Waals surface area contributed by atoms with Gasteiger partial charge in [-0.25, -0.2) is 0 Å². The minimum absolute atomic E-state index is 0.0514. The number of anilines is 2. The van der Waals surface area contributed by atoms with Crippen molar-refractivity contribution in [2.24, 2.45) is 0 Å². The predicted molar refractivity (Wildman–Crippen MR) is 178 cm³/mol. The molecule has 0 unspecified atom stereocenters. The number of aromatic nitrogens is 1. The smallest absolute Gasteiger partial charge is 0.264 e. The minimum Gasteiger partial charge on any atom is -0.354 e. The van der Waals surface area contributed by atoms with Crippen LogP contribution >= 0.6 is 0 Å². The molecule has 42 heavy (non-hydrogen) atoms. The molecule has 0 spiro atoms. The molecule has 7 aromatic carbocycles. The number of para-hydroxylation sites is 3. The van der Waals surface area contributed by atoms with Crippen molar-refractivity contribution in [1.82, 2.24) is 4.98 Å². The number of carbonyl (C=O) groups is 1. The van der Waals surface area contributed by atoms with Crippen LogP contribution in [0.25, 0.3) is 54.1 Å². The van der Waals surface area contributed by atoms with Gasteiger partial charge >= 0.3 is 0 Å². The molecule has 1 heterocycles. The van der Waals surface area contributed by atoms with Crippen LogP contribution in [-0.4, -0.2) is 10.9 Å². The number of benzene rings is 7. The molecule has 0 aliphatic carbocycles. The van der Waals surface area contributed by atoms with Gasteiger partial charge in [0.2, 0.25) is 0 Å². The van der Waals surface area contributed by atoms with E-state index in [4.69, 9.17) is 0 Å². The van der Waals surface area contributed by atoms with E-state index in [0.29, 0.717) is 5.56 Å². The van der Waals surface area contributed by atoms with Gasteiger partial charge in [0.05, 0.1) is 16.8 Å². The summed E-state index contributed by atoms with van der Waals surface area (Å²) in [6.07, 6.45) is 0. The summed E-state index contributed by atoms with van der Waals surface area (Å²) in [4.78, 5) is 20.2. The van der Waals surface area contributed by atoms with E-state index in [1.807, 2.05) is 59.5 Å². The molecule has 3 heteroatoms. The maximum absolute atomic E-state index is 14.8. The minimum atomic E-state index is -0.0663. The Morgan fingerprint density at radius 2 is 1.29 bits per heavy atom. The lowest BCUT2D eigenvalue weighted by Gasteiger charge is -2.26. The first kappa shape index (κ1) is 24.6. The topological polar surface area (TPSA) is 36.1 Å². The Kier molecular flexibility index (Phi) is 5.23. The molecule has 3 nitrogen and oxygen atoms in total. The molecule has 0 aliphatic rings.